The van der Waals surface area contributed by atoms with Gasteiger partial charge in [0.05, 0.1) is 5.75 Å². The first kappa shape index (κ1) is 16.9. The van der Waals surface area contributed by atoms with E-state index in [4.69, 9.17) is 0 Å². The van der Waals surface area contributed by atoms with E-state index < -0.39 is 10.0 Å². The summed E-state index contributed by atoms with van der Waals surface area (Å²) in [5.41, 5.74) is 0. The highest BCUT2D eigenvalue weighted by atomic mass is 32.2. The number of piperidine rings is 1. The number of rotatable bonds is 9. The molecule has 1 atom stereocenters. The van der Waals surface area contributed by atoms with E-state index in [0.29, 0.717) is 6.42 Å². The van der Waals surface area contributed by atoms with Gasteiger partial charge in [0.15, 0.2) is 0 Å². The van der Waals surface area contributed by atoms with Crippen molar-refractivity contribution in [1.82, 2.24) is 14.9 Å². The molecule has 6 heteroatoms. The van der Waals surface area contributed by atoms with Crippen LogP contribution in [-0.4, -0.2) is 57.8 Å². The molecule has 19 heavy (non-hydrogen) atoms. The second-order valence-electron chi connectivity index (χ2n) is 5.41. The maximum Gasteiger partial charge on any atom is 0.211 e. The molecule has 1 aliphatic rings. The Balaban J connectivity index is 2.23. The van der Waals surface area contributed by atoms with E-state index in [9.17, 15) is 8.42 Å². The van der Waals surface area contributed by atoms with Crippen LogP contribution in [0.5, 0.6) is 0 Å². The highest BCUT2D eigenvalue weighted by Gasteiger charge is 2.18. The van der Waals surface area contributed by atoms with Gasteiger partial charge < -0.3 is 10.2 Å². The minimum Gasteiger partial charge on any atom is -0.317 e. The molecular formula is C13H29N3O2S. The monoisotopic (exact) mass is 291 g/mol. The first-order chi connectivity index (χ1) is 9.03. The maximum absolute atomic E-state index is 11.9. The molecule has 5 nitrogen and oxygen atoms in total. The van der Waals surface area contributed by atoms with Crippen LogP contribution in [0.15, 0.2) is 0 Å². The molecule has 0 saturated carbocycles. The van der Waals surface area contributed by atoms with Gasteiger partial charge in [0.25, 0.3) is 0 Å². The van der Waals surface area contributed by atoms with E-state index >= 15 is 0 Å². The Labute approximate surface area is 118 Å². The van der Waals surface area contributed by atoms with Crippen molar-refractivity contribution < 1.29 is 8.42 Å². The van der Waals surface area contributed by atoms with Gasteiger partial charge in [0, 0.05) is 12.6 Å². The van der Waals surface area contributed by atoms with Gasteiger partial charge in [-0.05, 0) is 52.4 Å². The molecule has 1 fully saturated rings. The predicted molar refractivity (Wildman–Crippen MR) is 79.8 cm³/mol. The van der Waals surface area contributed by atoms with Gasteiger partial charge in [-0.2, -0.15) is 0 Å². The average Bonchev–Trinajstić information content (AvgIpc) is 2.35. The zero-order valence-corrected chi connectivity index (χ0v) is 13.1. The van der Waals surface area contributed by atoms with Gasteiger partial charge in [-0.1, -0.05) is 13.3 Å². The van der Waals surface area contributed by atoms with Gasteiger partial charge in [-0.3, -0.25) is 0 Å². The van der Waals surface area contributed by atoms with E-state index in [1.54, 1.807) is 0 Å². The number of hydrogen-bond donors (Lipinski definition) is 2. The summed E-state index contributed by atoms with van der Waals surface area (Å²) in [7, 11) is -3.13. The Kier molecular flexibility index (Phi) is 7.90. The fourth-order valence-electron chi connectivity index (χ4n) is 2.50. The summed E-state index contributed by atoms with van der Waals surface area (Å²) in [6, 6.07) is 0.00207. The largest absolute Gasteiger partial charge is 0.317 e. The van der Waals surface area contributed by atoms with Gasteiger partial charge in [-0.25, -0.2) is 13.1 Å². The summed E-state index contributed by atoms with van der Waals surface area (Å²) >= 11 is 0. The van der Waals surface area contributed by atoms with Crippen LogP contribution in [0.1, 0.15) is 39.5 Å². The molecule has 0 spiro atoms. The third-order valence-corrected chi connectivity index (χ3v) is 4.97. The molecule has 1 unspecified atom stereocenters. The van der Waals surface area contributed by atoms with Crippen LogP contribution in [0.25, 0.3) is 0 Å². The summed E-state index contributed by atoms with van der Waals surface area (Å²) in [6.07, 6.45) is 4.45. The molecular weight excluding hydrogens is 262 g/mol. The fraction of sp³-hybridized carbons (Fsp3) is 1.00. The van der Waals surface area contributed by atoms with Crippen LogP contribution in [0.4, 0.5) is 0 Å². The second-order valence-corrected chi connectivity index (χ2v) is 7.28. The van der Waals surface area contributed by atoms with Crippen molar-refractivity contribution in [1.29, 1.82) is 0 Å². The predicted octanol–water partition coefficient (Wildman–Crippen LogP) is 0.780. The summed E-state index contributed by atoms with van der Waals surface area (Å²) in [5, 5.41) is 3.14. The van der Waals surface area contributed by atoms with Crippen LogP contribution in [0.2, 0.25) is 0 Å². The number of sulfonamides is 1. The van der Waals surface area contributed by atoms with Gasteiger partial charge in [0.1, 0.15) is 0 Å². The minimum absolute atomic E-state index is 0.00207. The molecule has 114 valence electrons. The van der Waals surface area contributed by atoms with E-state index in [1.165, 1.54) is 19.3 Å². The molecule has 1 aliphatic heterocycles. The Morgan fingerprint density at radius 2 is 1.89 bits per heavy atom. The lowest BCUT2D eigenvalue weighted by atomic mass is 10.1. The topological polar surface area (TPSA) is 61.4 Å². The summed E-state index contributed by atoms with van der Waals surface area (Å²) in [4.78, 5) is 2.36. The fourth-order valence-corrected chi connectivity index (χ4v) is 3.83. The number of likely N-dealkylation sites (tertiary alicyclic amines) is 1. The molecule has 0 aliphatic carbocycles. The van der Waals surface area contributed by atoms with Crippen LogP contribution in [0.3, 0.4) is 0 Å². The highest BCUT2D eigenvalue weighted by molar-refractivity contribution is 7.89. The second kappa shape index (κ2) is 8.89. The smallest absolute Gasteiger partial charge is 0.211 e. The van der Waals surface area contributed by atoms with Crippen molar-refractivity contribution in [3.63, 3.8) is 0 Å². The first-order valence-corrected chi connectivity index (χ1v) is 9.12. The summed E-state index contributed by atoms with van der Waals surface area (Å²) in [5.74, 6) is 0.213. The van der Waals surface area contributed by atoms with Crippen molar-refractivity contribution >= 4 is 10.0 Å². The number of nitrogens with one attached hydrogen (secondary N) is 2. The number of hydrogen-bond acceptors (Lipinski definition) is 4. The van der Waals surface area contributed by atoms with Crippen LogP contribution in [0, 0.1) is 0 Å². The number of nitrogens with zero attached hydrogens (tertiary/aromatic N) is 1. The van der Waals surface area contributed by atoms with Crippen LogP contribution in [-0.2, 0) is 10.0 Å². The lowest BCUT2D eigenvalue weighted by Gasteiger charge is -2.29. The SMILES string of the molecule is CCNCCCS(=O)(=O)NC(C)CN1CCCCC1. The van der Waals surface area contributed by atoms with Gasteiger partial charge in [0.2, 0.25) is 10.0 Å². The lowest BCUT2D eigenvalue weighted by molar-refractivity contribution is 0.215. The highest BCUT2D eigenvalue weighted by Crippen LogP contribution is 2.09. The third-order valence-electron chi connectivity index (χ3n) is 3.38. The van der Waals surface area contributed by atoms with Crippen molar-refractivity contribution in [2.45, 2.75) is 45.6 Å². The third kappa shape index (κ3) is 7.87. The Morgan fingerprint density at radius 1 is 1.21 bits per heavy atom. The maximum atomic E-state index is 11.9. The molecule has 0 radical (unpaired) electrons. The van der Waals surface area contributed by atoms with E-state index in [0.717, 1.165) is 32.7 Å². The van der Waals surface area contributed by atoms with E-state index in [-0.39, 0.29) is 11.8 Å². The molecule has 0 aromatic heterocycles. The first-order valence-electron chi connectivity index (χ1n) is 7.46. The lowest BCUT2D eigenvalue weighted by Crippen LogP contribution is -2.44. The van der Waals surface area contributed by atoms with Crippen molar-refractivity contribution in [3.8, 4) is 0 Å². The van der Waals surface area contributed by atoms with Crippen LogP contribution >= 0.6 is 0 Å². The standard InChI is InChI=1S/C13H29N3O2S/c1-3-14-8-7-11-19(17,18)15-13(2)12-16-9-5-4-6-10-16/h13-15H,3-12H2,1-2H3. The van der Waals surface area contributed by atoms with Crippen molar-refractivity contribution in [3.05, 3.63) is 0 Å². The quantitative estimate of drug-likeness (QED) is 0.616. The Bertz CT molecular complexity index is 327. The van der Waals surface area contributed by atoms with E-state index in [1.807, 2.05) is 13.8 Å². The zero-order valence-electron chi connectivity index (χ0n) is 12.3. The van der Waals surface area contributed by atoms with Gasteiger partial charge in [-0.15, -0.1) is 0 Å². The van der Waals surface area contributed by atoms with Gasteiger partial charge >= 0.3 is 0 Å². The summed E-state index contributed by atoms with van der Waals surface area (Å²) < 4.78 is 26.6. The molecule has 1 saturated heterocycles. The minimum atomic E-state index is -3.13. The molecule has 1 heterocycles. The average molecular weight is 291 g/mol. The normalized spacial score (nSPS) is 19.5. The van der Waals surface area contributed by atoms with Crippen molar-refractivity contribution in [2.24, 2.45) is 0 Å². The van der Waals surface area contributed by atoms with Crippen molar-refractivity contribution in [2.75, 3.05) is 38.5 Å². The van der Waals surface area contributed by atoms with E-state index in [2.05, 4.69) is 14.9 Å². The summed E-state index contributed by atoms with van der Waals surface area (Å²) in [6.45, 7) is 8.66. The molecule has 0 bridgehead atoms. The van der Waals surface area contributed by atoms with Crippen LogP contribution < -0.4 is 10.0 Å². The molecule has 2 N–H and O–H groups in total. The Hall–Kier alpha value is -0.170. The molecule has 0 aromatic rings. The Morgan fingerprint density at radius 3 is 2.53 bits per heavy atom. The molecule has 1 rings (SSSR count). The molecule has 0 aromatic carbocycles. The molecule has 0 amide bonds. The zero-order chi connectivity index (χ0) is 14.1.